The van der Waals surface area contributed by atoms with Crippen molar-refractivity contribution in [2.45, 2.75) is 12.5 Å². The number of hydrogen-bond donors (Lipinski definition) is 3. The van der Waals surface area contributed by atoms with Crippen LogP contribution in [0, 0.1) is 0 Å². The number of thioether (sulfide) groups is 1. The molecule has 31 heavy (non-hydrogen) atoms. The SMILES string of the molecule is COc1ccccc1C(=O)N/C(=C\c1ccc(Br)cc1)C(=O)N[C@H](CCSC)C(=O)O. The topological polar surface area (TPSA) is 105 Å². The first kappa shape index (κ1) is 24.5. The molecule has 2 aromatic carbocycles. The molecule has 1 atom stereocenters. The Kier molecular flexibility index (Phi) is 9.61. The molecule has 0 heterocycles. The van der Waals surface area contributed by atoms with Crippen LogP contribution in [0.5, 0.6) is 5.75 Å². The summed E-state index contributed by atoms with van der Waals surface area (Å²) in [7, 11) is 1.45. The minimum atomic E-state index is -1.14. The molecule has 0 aliphatic heterocycles. The predicted octanol–water partition coefficient (Wildman–Crippen LogP) is 3.55. The van der Waals surface area contributed by atoms with Crippen LogP contribution < -0.4 is 15.4 Å². The average Bonchev–Trinajstić information content (AvgIpc) is 2.77. The number of halogens is 1. The monoisotopic (exact) mass is 506 g/mol. The van der Waals surface area contributed by atoms with Gasteiger partial charge in [0.15, 0.2) is 0 Å². The Morgan fingerprint density at radius 3 is 2.45 bits per heavy atom. The summed E-state index contributed by atoms with van der Waals surface area (Å²) in [4.78, 5) is 37.3. The fraction of sp³-hybridized carbons (Fsp3) is 0.227. The van der Waals surface area contributed by atoms with Crippen LogP contribution in [0.15, 0.2) is 58.7 Å². The number of rotatable bonds is 10. The highest BCUT2D eigenvalue weighted by Crippen LogP contribution is 2.18. The molecule has 0 aliphatic carbocycles. The summed E-state index contributed by atoms with van der Waals surface area (Å²) in [5, 5.41) is 14.5. The molecule has 2 amide bonds. The second-order valence-corrected chi connectivity index (χ2v) is 8.31. The molecule has 2 aromatic rings. The zero-order valence-electron chi connectivity index (χ0n) is 17.1. The van der Waals surface area contributed by atoms with Gasteiger partial charge in [-0.05, 0) is 54.3 Å². The van der Waals surface area contributed by atoms with Gasteiger partial charge in [0.2, 0.25) is 0 Å². The third-order valence-electron chi connectivity index (χ3n) is 4.24. The second-order valence-electron chi connectivity index (χ2n) is 6.41. The Morgan fingerprint density at radius 2 is 1.84 bits per heavy atom. The first-order valence-corrected chi connectivity index (χ1v) is 11.5. The number of carboxylic acids is 1. The maximum atomic E-state index is 12.9. The highest BCUT2D eigenvalue weighted by Gasteiger charge is 2.23. The van der Waals surface area contributed by atoms with Crippen LogP contribution in [0.4, 0.5) is 0 Å². The number of carboxylic acid groups (broad SMARTS) is 1. The maximum Gasteiger partial charge on any atom is 0.326 e. The van der Waals surface area contributed by atoms with E-state index >= 15 is 0 Å². The Hall–Kier alpha value is -2.78. The molecular formula is C22H23BrN2O5S. The lowest BCUT2D eigenvalue weighted by molar-refractivity contribution is -0.141. The lowest BCUT2D eigenvalue weighted by Gasteiger charge is -2.17. The smallest absolute Gasteiger partial charge is 0.326 e. The van der Waals surface area contributed by atoms with E-state index in [2.05, 4.69) is 26.6 Å². The quantitative estimate of drug-likeness (QED) is 0.425. The van der Waals surface area contributed by atoms with Crippen LogP contribution in [0.25, 0.3) is 6.08 Å². The van der Waals surface area contributed by atoms with Crippen molar-refractivity contribution in [3.8, 4) is 5.75 Å². The lowest BCUT2D eigenvalue weighted by atomic mass is 10.1. The van der Waals surface area contributed by atoms with Crippen molar-refractivity contribution in [2.24, 2.45) is 0 Å². The summed E-state index contributed by atoms with van der Waals surface area (Å²) in [6, 6.07) is 12.6. The number of carbonyl (C=O) groups is 3. The van der Waals surface area contributed by atoms with Crippen LogP contribution >= 0.6 is 27.7 Å². The van der Waals surface area contributed by atoms with Crippen molar-refractivity contribution in [2.75, 3.05) is 19.1 Å². The number of benzene rings is 2. The summed E-state index contributed by atoms with van der Waals surface area (Å²) < 4.78 is 6.07. The number of nitrogens with one attached hydrogen (secondary N) is 2. The van der Waals surface area contributed by atoms with E-state index in [0.717, 1.165) is 4.47 Å². The first-order chi connectivity index (χ1) is 14.8. The highest BCUT2D eigenvalue weighted by molar-refractivity contribution is 9.10. The second kappa shape index (κ2) is 12.2. The third-order valence-corrected chi connectivity index (χ3v) is 5.41. The molecule has 0 fully saturated rings. The molecule has 0 aromatic heterocycles. The van der Waals surface area contributed by atoms with E-state index in [1.165, 1.54) is 24.9 Å². The Bertz CT molecular complexity index is 963. The number of hydrogen-bond acceptors (Lipinski definition) is 5. The summed E-state index contributed by atoms with van der Waals surface area (Å²) in [5.41, 5.74) is 0.829. The number of para-hydroxylation sites is 1. The Labute approximate surface area is 193 Å². The number of aliphatic carboxylic acids is 1. The van der Waals surface area contributed by atoms with Crippen molar-refractivity contribution in [3.63, 3.8) is 0 Å². The fourth-order valence-corrected chi connectivity index (χ4v) is 3.37. The van der Waals surface area contributed by atoms with Gasteiger partial charge in [-0.2, -0.15) is 11.8 Å². The molecule has 3 N–H and O–H groups in total. The van der Waals surface area contributed by atoms with Crippen molar-refractivity contribution in [1.29, 1.82) is 0 Å². The van der Waals surface area contributed by atoms with Crippen LogP contribution in [-0.2, 0) is 9.59 Å². The molecule has 0 bridgehead atoms. The molecule has 0 unspecified atom stereocenters. The van der Waals surface area contributed by atoms with Crippen molar-refractivity contribution in [3.05, 3.63) is 69.8 Å². The van der Waals surface area contributed by atoms with Gasteiger partial charge in [-0.25, -0.2) is 4.79 Å². The standard InChI is InChI=1S/C22H23BrN2O5S/c1-30-19-6-4-3-5-16(19)20(26)25-18(13-14-7-9-15(23)10-8-14)21(27)24-17(22(28)29)11-12-31-2/h3-10,13,17H,11-12H2,1-2H3,(H,24,27)(H,25,26)(H,28,29)/b18-13-/t17-/m1/s1. The number of ether oxygens (including phenoxy) is 1. The minimum Gasteiger partial charge on any atom is -0.496 e. The third kappa shape index (κ3) is 7.45. The number of methoxy groups -OCH3 is 1. The molecule has 0 aliphatic rings. The lowest BCUT2D eigenvalue weighted by Crippen LogP contribution is -2.44. The molecule has 0 saturated carbocycles. The maximum absolute atomic E-state index is 12.9. The van der Waals surface area contributed by atoms with Crippen LogP contribution in [0.3, 0.4) is 0 Å². The van der Waals surface area contributed by atoms with Gasteiger partial charge >= 0.3 is 5.97 Å². The number of carbonyl (C=O) groups excluding carboxylic acids is 2. The molecule has 0 radical (unpaired) electrons. The van der Waals surface area contributed by atoms with Gasteiger partial charge in [0.05, 0.1) is 12.7 Å². The molecular weight excluding hydrogens is 484 g/mol. The van der Waals surface area contributed by atoms with E-state index in [0.29, 0.717) is 17.1 Å². The zero-order chi connectivity index (χ0) is 22.8. The molecule has 164 valence electrons. The van der Waals surface area contributed by atoms with Gasteiger partial charge in [-0.3, -0.25) is 9.59 Å². The van der Waals surface area contributed by atoms with Crippen LogP contribution in [0.2, 0.25) is 0 Å². The fourth-order valence-electron chi connectivity index (χ4n) is 2.64. The van der Waals surface area contributed by atoms with Gasteiger partial charge < -0.3 is 20.5 Å². The van der Waals surface area contributed by atoms with E-state index in [1.807, 2.05) is 6.26 Å². The van der Waals surface area contributed by atoms with Gasteiger partial charge in [0.1, 0.15) is 17.5 Å². The summed E-state index contributed by atoms with van der Waals surface area (Å²) >= 11 is 4.83. The predicted molar refractivity (Wildman–Crippen MR) is 125 cm³/mol. The molecule has 9 heteroatoms. The van der Waals surface area contributed by atoms with Crippen molar-refractivity contribution < 1.29 is 24.2 Å². The average molecular weight is 507 g/mol. The molecule has 0 saturated heterocycles. The zero-order valence-corrected chi connectivity index (χ0v) is 19.5. The minimum absolute atomic E-state index is 0.0753. The highest BCUT2D eigenvalue weighted by atomic mass is 79.9. The normalized spacial score (nSPS) is 12.0. The summed E-state index contributed by atoms with van der Waals surface area (Å²) in [6.45, 7) is 0. The molecule has 0 spiro atoms. The molecule has 2 rings (SSSR count). The van der Waals surface area contributed by atoms with Crippen LogP contribution in [-0.4, -0.2) is 48.1 Å². The van der Waals surface area contributed by atoms with E-state index < -0.39 is 23.8 Å². The van der Waals surface area contributed by atoms with Crippen LogP contribution in [0.1, 0.15) is 22.3 Å². The number of amides is 2. The van der Waals surface area contributed by atoms with Crippen molar-refractivity contribution in [1.82, 2.24) is 10.6 Å². The van der Waals surface area contributed by atoms with Gasteiger partial charge in [-0.1, -0.05) is 40.2 Å². The molecule has 7 nitrogen and oxygen atoms in total. The van der Waals surface area contributed by atoms with Gasteiger partial charge in [0, 0.05) is 4.47 Å². The van der Waals surface area contributed by atoms with E-state index in [-0.39, 0.29) is 17.7 Å². The Balaban J connectivity index is 2.33. The van der Waals surface area contributed by atoms with Crippen molar-refractivity contribution >= 4 is 51.6 Å². The summed E-state index contributed by atoms with van der Waals surface area (Å²) in [5.74, 6) is -1.46. The van der Waals surface area contributed by atoms with Gasteiger partial charge in [0.25, 0.3) is 11.8 Å². The summed E-state index contributed by atoms with van der Waals surface area (Å²) in [6.07, 6.45) is 3.60. The first-order valence-electron chi connectivity index (χ1n) is 9.30. The van der Waals surface area contributed by atoms with E-state index in [1.54, 1.807) is 48.5 Å². The van der Waals surface area contributed by atoms with E-state index in [9.17, 15) is 19.5 Å². The van der Waals surface area contributed by atoms with Gasteiger partial charge in [-0.15, -0.1) is 0 Å². The Morgan fingerprint density at radius 1 is 1.16 bits per heavy atom. The van der Waals surface area contributed by atoms with E-state index in [4.69, 9.17) is 4.74 Å². The largest absolute Gasteiger partial charge is 0.496 e.